The first-order valence-corrected chi connectivity index (χ1v) is 7.44. The topological polar surface area (TPSA) is 41.1 Å². The number of rotatable bonds is 3. The van der Waals surface area contributed by atoms with Crippen molar-refractivity contribution in [3.63, 3.8) is 0 Å². The van der Waals surface area contributed by atoms with Crippen LogP contribution < -0.4 is 5.32 Å². The zero-order valence-corrected chi connectivity index (χ0v) is 11.9. The second-order valence-electron chi connectivity index (χ2n) is 4.96. The van der Waals surface area contributed by atoms with Crippen molar-refractivity contribution < 1.29 is 0 Å². The van der Waals surface area contributed by atoms with E-state index in [0.29, 0.717) is 6.04 Å². The molecule has 0 bridgehead atoms. The van der Waals surface area contributed by atoms with Crippen LogP contribution in [0.15, 0.2) is 30.7 Å². The van der Waals surface area contributed by atoms with E-state index in [9.17, 15) is 0 Å². The lowest BCUT2D eigenvalue weighted by molar-refractivity contribution is 0.201. The summed E-state index contributed by atoms with van der Waals surface area (Å²) in [6.07, 6.45) is 5.63. The van der Waals surface area contributed by atoms with Crippen molar-refractivity contribution in [2.75, 3.05) is 19.6 Å². The smallest absolute Gasteiger partial charge is 0.123 e. The summed E-state index contributed by atoms with van der Waals surface area (Å²) in [5, 5.41) is 4.55. The molecule has 3 heterocycles. The minimum atomic E-state index is 0.585. The quantitative estimate of drug-likeness (QED) is 0.929. The van der Waals surface area contributed by atoms with Gasteiger partial charge in [0.05, 0.1) is 0 Å². The van der Waals surface area contributed by atoms with E-state index in [2.05, 4.69) is 27.1 Å². The van der Waals surface area contributed by atoms with Gasteiger partial charge in [0.15, 0.2) is 0 Å². The first-order chi connectivity index (χ1) is 9.31. The summed E-state index contributed by atoms with van der Waals surface area (Å²) in [4.78, 5) is 12.4. The second-order valence-corrected chi connectivity index (χ2v) is 6.07. The number of aromatic nitrogens is 2. The summed E-state index contributed by atoms with van der Waals surface area (Å²) < 4.78 is 0. The van der Waals surface area contributed by atoms with Gasteiger partial charge in [0.1, 0.15) is 5.01 Å². The zero-order chi connectivity index (χ0) is 13.1. The molecule has 19 heavy (non-hydrogen) atoms. The SMILES string of the molecule is C[C@@H]1CN(Cc2cnc(-c3ccncc3)s2)CCN1. The van der Waals surface area contributed by atoms with Gasteiger partial charge in [-0.3, -0.25) is 9.88 Å². The molecule has 0 spiro atoms. The number of hydrogen-bond donors (Lipinski definition) is 1. The van der Waals surface area contributed by atoms with Gasteiger partial charge in [-0.25, -0.2) is 4.98 Å². The molecule has 0 amide bonds. The molecule has 100 valence electrons. The van der Waals surface area contributed by atoms with E-state index in [4.69, 9.17) is 0 Å². The Morgan fingerprint density at radius 3 is 3.05 bits per heavy atom. The highest BCUT2D eigenvalue weighted by molar-refractivity contribution is 7.15. The van der Waals surface area contributed by atoms with E-state index in [0.717, 1.165) is 36.8 Å². The highest BCUT2D eigenvalue weighted by Gasteiger charge is 2.16. The fourth-order valence-corrected chi connectivity index (χ4v) is 3.34. The van der Waals surface area contributed by atoms with Crippen LogP contribution >= 0.6 is 11.3 Å². The Labute approximate surface area is 117 Å². The van der Waals surface area contributed by atoms with Crippen LogP contribution in [0.2, 0.25) is 0 Å². The highest BCUT2D eigenvalue weighted by Crippen LogP contribution is 2.25. The van der Waals surface area contributed by atoms with Gasteiger partial charge in [0.25, 0.3) is 0 Å². The molecule has 2 aromatic heterocycles. The normalized spacial score (nSPS) is 20.6. The third kappa shape index (κ3) is 3.18. The Balaban J connectivity index is 1.68. The fraction of sp³-hybridized carbons (Fsp3) is 0.429. The molecule has 0 radical (unpaired) electrons. The third-order valence-electron chi connectivity index (χ3n) is 3.31. The van der Waals surface area contributed by atoms with Crippen molar-refractivity contribution in [2.24, 2.45) is 0 Å². The van der Waals surface area contributed by atoms with E-state index in [-0.39, 0.29) is 0 Å². The summed E-state index contributed by atoms with van der Waals surface area (Å²) in [7, 11) is 0. The molecule has 0 aliphatic carbocycles. The lowest BCUT2D eigenvalue weighted by atomic mass is 10.2. The largest absolute Gasteiger partial charge is 0.312 e. The van der Waals surface area contributed by atoms with Gasteiger partial charge < -0.3 is 5.32 Å². The summed E-state index contributed by atoms with van der Waals surface area (Å²) in [5.74, 6) is 0. The molecule has 1 aliphatic rings. The van der Waals surface area contributed by atoms with Crippen molar-refractivity contribution in [3.05, 3.63) is 35.6 Å². The maximum Gasteiger partial charge on any atom is 0.123 e. The number of nitrogens with one attached hydrogen (secondary N) is 1. The molecule has 1 fully saturated rings. The van der Waals surface area contributed by atoms with Crippen molar-refractivity contribution in [2.45, 2.75) is 19.5 Å². The Kier molecular flexibility index (Phi) is 3.87. The van der Waals surface area contributed by atoms with Crippen LogP contribution in [0, 0.1) is 0 Å². The first kappa shape index (κ1) is 12.7. The third-order valence-corrected chi connectivity index (χ3v) is 4.34. The second kappa shape index (κ2) is 5.77. The van der Waals surface area contributed by atoms with Crippen LogP contribution in [-0.4, -0.2) is 40.5 Å². The summed E-state index contributed by atoms with van der Waals surface area (Å²) in [6, 6.07) is 4.60. The van der Waals surface area contributed by atoms with Crippen LogP contribution in [0.4, 0.5) is 0 Å². The lowest BCUT2D eigenvalue weighted by Crippen LogP contribution is -2.48. The molecular weight excluding hydrogens is 256 g/mol. The summed E-state index contributed by atoms with van der Waals surface area (Å²) in [5.41, 5.74) is 1.15. The minimum Gasteiger partial charge on any atom is -0.312 e. The molecule has 1 aliphatic heterocycles. The van der Waals surface area contributed by atoms with Gasteiger partial charge in [0.2, 0.25) is 0 Å². The summed E-state index contributed by atoms with van der Waals surface area (Å²) in [6.45, 7) is 6.56. The molecule has 1 saturated heterocycles. The minimum absolute atomic E-state index is 0.585. The Hall–Kier alpha value is -1.30. The van der Waals surface area contributed by atoms with Gasteiger partial charge in [-0.1, -0.05) is 0 Å². The van der Waals surface area contributed by atoms with E-state index in [1.54, 1.807) is 11.3 Å². The van der Waals surface area contributed by atoms with Gasteiger partial charge in [0, 0.05) is 61.3 Å². The van der Waals surface area contributed by atoms with Gasteiger partial charge >= 0.3 is 0 Å². The maximum absolute atomic E-state index is 4.52. The predicted octanol–water partition coefficient (Wildman–Crippen LogP) is 2.00. The Morgan fingerprint density at radius 1 is 1.42 bits per heavy atom. The van der Waals surface area contributed by atoms with Crippen LogP contribution in [0.5, 0.6) is 0 Å². The monoisotopic (exact) mass is 274 g/mol. The molecule has 3 rings (SSSR count). The lowest BCUT2D eigenvalue weighted by Gasteiger charge is -2.31. The number of thiazole rings is 1. The van der Waals surface area contributed by atoms with Crippen LogP contribution in [0.1, 0.15) is 11.8 Å². The Morgan fingerprint density at radius 2 is 2.26 bits per heavy atom. The number of pyridine rings is 1. The van der Waals surface area contributed by atoms with E-state index < -0.39 is 0 Å². The van der Waals surface area contributed by atoms with Gasteiger partial charge in [-0.05, 0) is 19.1 Å². The van der Waals surface area contributed by atoms with Gasteiger partial charge in [-0.15, -0.1) is 11.3 Å². The summed E-state index contributed by atoms with van der Waals surface area (Å²) >= 11 is 1.78. The van der Waals surface area contributed by atoms with Crippen LogP contribution in [0.3, 0.4) is 0 Å². The molecule has 0 unspecified atom stereocenters. The van der Waals surface area contributed by atoms with Crippen molar-refractivity contribution in [1.82, 2.24) is 20.2 Å². The van der Waals surface area contributed by atoms with Crippen molar-refractivity contribution in [1.29, 1.82) is 0 Å². The van der Waals surface area contributed by atoms with Gasteiger partial charge in [-0.2, -0.15) is 0 Å². The highest BCUT2D eigenvalue weighted by atomic mass is 32.1. The molecule has 2 aromatic rings. The number of nitrogens with zero attached hydrogens (tertiary/aromatic N) is 3. The maximum atomic E-state index is 4.52. The van der Waals surface area contributed by atoms with Crippen LogP contribution in [0.25, 0.3) is 10.6 Å². The number of piperazine rings is 1. The molecular formula is C14H18N4S. The predicted molar refractivity (Wildman–Crippen MR) is 78.1 cm³/mol. The number of hydrogen-bond acceptors (Lipinski definition) is 5. The van der Waals surface area contributed by atoms with Crippen LogP contribution in [-0.2, 0) is 6.54 Å². The van der Waals surface area contributed by atoms with E-state index in [1.807, 2.05) is 30.7 Å². The standard InChI is InChI=1S/C14H18N4S/c1-11-9-18(7-6-16-11)10-13-8-17-14(19-13)12-2-4-15-5-3-12/h2-5,8,11,16H,6-7,9-10H2,1H3/t11-/m1/s1. The van der Waals surface area contributed by atoms with E-state index >= 15 is 0 Å². The molecule has 1 atom stereocenters. The first-order valence-electron chi connectivity index (χ1n) is 6.62. The molecule has 0 aromatic carbocycles. The molecule has 4 nitrogen and oxygen atoms in total. The Bertz CT molecular complexity index is 525. The van der Waals surface area contributed by atoms with Crippen molar-refractivity contribution in [3.8, 4) is 10.6 Å². The average molecular weight is 274 g/mol. The molecule has 1 N–H and O–H groups in total. The van der Waals surface area contributed by atoms with Crippen molar-refractivity contribution >= 4 is 11.3 Å². The fourth-order valence-electron chi connectivity index (χ4n) is 2.38. The molecule has 5 heteroatoms. The zero-order valence-electron chi connectivity index (χ0n) is 11.0. The molecule has 0 saturated carbocycles. The van der Waals surface area contributed by atoms with E-state index in [1.165, 1.54) is 4.88 Å². The average Bonchev–Trinajstić information content (AvgIpc) is 2.88.